The topological polar surface area (TPSA) is 237 Å². The van der Waals surface area contributed by atoms with Crippen LogP contribution in [0.25, 0.3) is 0 Å². The molecule has 0 aromatic rings. The summed E-state index contributed by atoms with van der Waals surface area (Å²) < 4.78 is 68.8. The van der Waals surface area contributed by atoms with Crippen LogP contribution < -0.4 is 0 Å². The van der Waals surface area contributed by atoms with Crippen LogP contribution in [-0.2, 0) is 65.4 Å². The molecule has 0 aromatic carbocycles. The van der Waals surface area contributed by atoms with E-state index in [0.717, 1.165) is 114 Å². The van der Waals surface area contributed by atoms with Crippen molar-refractivity contribution in [3.63, 3.8) is 0 Å². The van der Waals surface area contributed by atoms with Gasteiger partial charge in [0.05, 0.1) is 26.4 Å². The normalized spacial score (nSPS) is 14.2. The van der Waals surface area contributed by atoms with Gasteiger partial charge in [-0.2, -0.15) is 0 Å². The second-order valence-electron chi connectivity index (χ2n) is 31.9. The monoisotopic (exact) mass is 1510 g/mol. The van der Waals surface area contributed by atoms with Gasteiger partial charge < -0.3 is 33.8 Å². The Morgan fingerprint density at radius 1 is 0.272 bits per heavy atom. The summed E-state index contributed by atoms with van der Waals surface area (Å²) >= 11 is 0. The van der Waals surface area contributed by atoms with Crippen molar-refractivity contribution < 1.29 is 80.2 Å². The van der Waals surface area contributed by atoms with Gasteiger partial charge in [0.1, 0.15) is 19.3 Å². The van der Waals surface area contributed by atoms with E-state index >= 15 is 0 Å². The fraction of sp³-hybridized carbons (Fsp3) is 0.952. The Morgan fingerprint density at radius 2 is 0.466 bits per heavy atom. The molecule has 6 atom stereocenters. The summed E-state index contributed by atoms with van der Waals surface area (Å²) in [7, 11) is -9.93. The van der Waals surface area contributed by atoms with Crippen LogP contribution in [0.4, 0.5) is 0 Å². The highest BCUT2D eigenvalue weighted by molar-refractivity contribution is 7.47. The number of hydrogen-bond donors (Lipinski definition) is 3. The van der Waals surface area contributed by atoms with E-state index in [1.54, 1.807) is 0 Å². The minimum absolute atomic E-state index is 0.105. The van der Waals surface area contributed by atoms with Gasteiger partial charge in [-0.1, -0.05) is 383 Å². The van der Waals surface area contributed by atoms with Crippen molar-refractivity contribution >= 4 is 39.5 Å². The van der Waals surface area contributed by atoms with Crippen molar-refractivity contribution in [3.05, 3.63) is 0 Å². The van der Waals surface area contributed by atoms with E-state index in [1.165, 1.54) is 238 Å². The molecule has 0 rings (SSSR count). The molecule has 0 amide bonds. The van der Waals surface area contributed by atoms with Crippen molar-refractivity contribution in [2.75, 3.05) is 39.6 Å². The highest BCUT2D eigenvalue weighted by Gasteiger charge is 2.30. The maximum Gasteiger partial charge on any atom is 0.472 e. The Balaban J connectivity index is 5.22. The fourth-order valence-electron chi connectivity index (χ4n) is 12.9. The van der Waals surface area contributed by atoms with Gasteiger partial charge in [-0.25, -0.2) is 9.13 Å². The van der Waals surface area contributed by atoms with E-state index in [2.05, 4.69) is 55.4 Å². The molecule has 0 aliphatic rings. The Bertz CT molecular complexity index is 2010. The summed E-state index contributed by atoms with van der Waals surface area (Å²) in [5.74, 6) is 1.04. The first-order valence-electron chi connectivity index (χ1n) is 43.2. The fourth-order valence-corrected chi connectivity index (χ4v) is 14.5. The van der Waals surface area contributed by atoms with Crippen LogP contribution in [0.5, 0.6) is 0 Å². The van der Waals surface area contributed by atoms with E-state index in [-0.39, 0.29) is 25.7 Å². The highest BCUT2D eigenvalue weighted by Crippen LogP contribution is 2.45. The van der Waals surface area contributed by atoms with Gasteiger partial charge in [0, 0.05) is 25.7 Å². The highest BCUT2D eigenvalue weighted by atomic mass is 31.2. The number of carbonyl (C=O) groups is 4. The van der Waals surface area contributed by atoms with Crippen LogP contribution in [-0.4, -0.2) is 96.7 Å². The standard InChI is InChI=1S/C84H164O17P2/c1-9-77(8)63-55-47-39-30-23-19-14-12-10-11-13-15-20-24-31-40-48-56-64-81(86)94-70-79(100-83(88)66-58-50-42-32-25-21-17-16-18-22-28-36-44-52-60-74(2)3)72-98-102(90,91)96-68-78(85)69-97-103(92,93)99-73-80(71-95-82(87)65-57-49-41-35-34-38-46-54-62-76(6)7)101-84(89)67-59-51-43-33-27-26-29-37-45-53-61-75(4)5/h74-80,85H,9-73H2,1-8H3,(H,90,91)(H,92,93)/t77?,78?,79-,80-/m1/s1. The smallest absolute Gasteiger partial charge is 0.462 e. The predicted octanol–water partition coefficient (Wildman–Crippen LogP) is 25.2. The molecule has 0 bridgehead atoms. The number of carbonyl (C=O) groups excluding carboxylic acids is 4. The molecule has 4 unspecified atom stereocenters. The SMILES string of the molecule is CCC(C)CCCCCCCCCCCCCCCCCCCCC(=O)OC[C@H](COP(=O)(O)OCC(O)COP(=O)(O)OC[C@@H](COC(=O)CCCCCCCCCCC(C)C)OC(=O)CCCCCCCCCCCCC(C)C)OC(=O)CCCCCCCCCCCCCCCCC(C)C. The van der Waals surface area contributed by atoms with Crippen molar-refractivity contribution in [2.45, 2.75) is 453 Å². The molecular formula is C84H164O17P2. The molecule has 0 aliphatic carbocycles. The van der Waals surface area contributed by atoms with Crippen LogP contribution >= 0.6 is 15.6 Å². The third kappa shape index (κ3) is 76.6. The van der Waals surface area contributed by atoms with Crippen molar-refractivity contribution in [1.82, 2.24) is 0 Å². The van der Waals surface area contributed by atoms with Gasteiger partial charge in [-0.3, -0.25) is 37.3 Å². The van der Waals surface area contributed by atoms with Gasteiger partial charge >= 0.3 is 39.5 Å². The molecule has 0 spiro atoms. The number of esters is 4. The first kappa shape index (κ1) is 101. The van der Waals surface area contributed by atoms with Gasteiger partial charge in [0.15, 0.2) is 12.2 Å². The third-order valence-corrected chi connectivity index (χ3v) is 21.8. The van der Waals surface area contributed by atoms with Crippen LogP contribution in [0.3, 0.4) is 0 Å². The largest absolute Gasteiger partial charge is 0.472 e. The average Bonchev–Trinajstić information content (AvgIpc) is 0.928. The molecule has 17 nitrogen and oxygen atoms in total. The average molecular weight is 1510 g/mol. The number of hydrogen-bond acceptors (Lipinski definition) is 15. The first-order valence-corrected chi connectivity index (χ1v) is 46.2. The molecular weight excluding hydrogens is 1340 g/mol. The van der Waals surface area contributed by atoms with Gasteiger partial charge in [-0.05, 0) is 49.4 Å². The van der Waals surface area contributed by atoms with E-state index in [9.17, 15) is 43.2 Å². The summed E-state index contributed by atoms with van der Waals surface area (Å²) in [6, 6.07) is 0. The lowest BCUT2D eigenvalue weighted by molar-refractivity contribution is -0.161. The summed E-state index contributed by atoms with van der Waals surface area (Å²) in [6.45, 7) is 14.3. The van der Waals surface area contributed by atoms with Crippen LogP contribution in [0, 0.1) is 23.7 Å². The van der Waals surface area contributed by atoms with Crippen LogP contribution in [0.15, 0.2) is 0 Å². The molecule has 0 heterocycles. The number of phosphoric acid groups is 2. The minimum atomic E-state index is -4.97. The number of rotatable bonds is 81. The van der Waals surface area contributed by atoms with Gasteiger partial charge in [-0.15, -0.1) is 0 Å². The quantitative estimate of drug-likeness (QED) is 0.0222. The predicted molar refractivity (Wildman–Crippen MR) is 423 cm³/mol. The Hall–Kier alpha value is -1.94. The minimum Gasteiger partial charge on any atom is -0.462 e. The number of phosphoric ester groups is 2. The number of ether oxygens (including phenoxy) is 4. The maximum atomic E-state index is 13.1. The van der Waals surface area contributed by atoms with E-state index in [0.29, 0.717) is 25.7 Å². The Morgan fingerprint density at radius 3 is 0.689 bits per heavy atom. The lowest BCUT2D eigenvalue weighted by Gasteiger charge is -2.21. The molecule has 612 valence electrons. The second kappa shape index (κ2) is 72.9. The van der Waals surface area contributed by atoms with Crippen LogP contribution in [0.1, 0.15) is 434 Å². The molecule has 3 N–H and O–H groups in total. The zero-order valence-electron chi connectivity index (χ0n) is 68.0. The number of aliphatic hydroxyl groups is 1. The van der Waals surface area contributed by atoms with E-state index in [1.807, 2.05) is 0 Å². The molecule has 0 aromatic heterocycles. The zero-order chi connectivity index (χ0) is 76.0. The van der Waals surface area contributed by atoms with Crippen molar-refractivity contribution in [2.24, 2.45) is 23.7 Å². The molecule has 19 heteroatoms. The van der Waals surface area contributed by atoms with Gasteiger partial charge in [0.2, 0.25) is 0 Å². The second-order valence-corrected chi connectivity index (χ2v) is 34.8. The summed E-state index contributed by atoms with van der Waals surface area (Å²) in [5.41, 5.74) is 0. The van der Waals surface area contributed by atoms with Crippen molar-refractivity contribution in [3.8, 4) is 0 Å². The van der Waals surface area contributed by atoms with Crippen molar-refractivity contribution in [1.29, 1.82) is 0 Å². The van der Waals surface area contributed by atoms with Crippen LogP contribution in [0.2, 0.25) is 0 Å². The number of aliphatic hydroxyl groups excluding tert-OH is 1. The summed E-state index contributed by atoms with van der Waals surface area (Å²) in [5, 5.41) is 10.7. The number of unbranched alkanes of at least 4 members (excludes halogenated alkanes) is 46. The van der Waals surface area contributed by atoms with Gasteiger partial charge in [0.25, 0.3) is 0 Å². The Kier molecular flexibility index (Phi) is 71.5. The first-order chi connectivity index (χ1) is 49.6. The van der Waals surface area contributed by atoms with E-state index < -0.39 is 97.5 Å². The molecule has 0 radical (unpaired) electrons. The lowest BCUT2D eigenvalue weighted by atomic mass is 9.99. The Labute approximate surface area is 632 Å². The summed E-state index contributed by atoms with van der Waals surface area (Å²) in [6.07, 6.45) is 61.1. The third-order valence-electron chi connectivity index (χ3n) is 19.9. The molecule has 103 heavy (non-hydrogen) atoms. The molecule has 0 fully saturated rings. The zero-order valence-corrected chi connectivity index (χ0v) is 69.7. The molecule has 0 saturated heterocycles. The summed E-state index contributed by atoms with van der Waals surface area (Å²) in [4.78, 5) is 73.1. The van der Waals surface area contributed by atoms with E-state index in [4.69, 9.17) is 37.0 Å². The maximum absolute atomic E-state index is 13.1. The molecule has 0 aliphatic heterocycles. The molecule has 0 saturated carbocycles. The lowest BCUT2D eigenvalue weighted by Crippen LogP contribution is -2.30.